The Balaban J connectivity index is 1.98. The molecule has 1 heterocycles. The molecule has 0 radical (unpaired) electrons. The molecule has 0 saturated carbocycles. The van der Waals surface area contributed by atoms with Gasteiger partial charge in [0.2, 0.25) is 5.95 Å². The van der Waals surface area contributed by atoms with Gasteiger partial charge in [0.05, 0.1) is 5.69 Å². The number of ether oxygens (including phenoxy) is 1. The number of halogens is 2. The van der Waals surface area contributed by atoms with Gasteiger partial charge in [0, 0.05) is 27.4 Å². The average Bonchev–Trinajstić information content (AvgIpc) is 2.62. The summed E-state index contributed by atoms with van der Waals surface area (Å²) in [7, 11) is 0. The SMILES string of the molecule is C=CCOc1ccc(Cl)cc1-c1cc(Nc2ccc(Cl)cc2)nc(N)n1. The van der Waals surface area contributed by atoms with E-state index in [1.807, 2.05) is 12.1 Å². The Kier molecular flexibility index (Phi) is 5.61. The number of hydrogen-bond acceptors (Lipinski definition) is 5. The van der Waals surface area contributed by atoms with E-state index in [4.69, 9.17) is 33.7 Å². The van der Waals surface area contributed by atoms with Crippen LogP contribution < -0.4 is 15.8 Å². The standard InChI is InChI=1S/C19H16Cl2N4O/c1-2-9-26-17-8-5-13(21)10-15(17)16-11-18(25-19(22)24-16)23-14-6-3-12(20)4-7-14/h2-8,10-11H,1,9H2,(H3,22,23,24,25). The zero-order chi connectivity index (χ0) is 18.5. The van der Waals surface area contributed by atoms with Crippen LogP contribution >= 0.6 is 23.2 Å². The van der Waals surface area contributed by atoms with E-state index in [2.05, 4.69) is 21.9 Å². The molecule has 3 aromatic rings. The third-order valence-electron chi connectivity index (χ3n) is 3.43. The van der Waals surface area contributed by atoms with Crippen molar-refractivity contribution in [3.63, 3.8) is 0 Å². The minimum absolute atomic E-state index is 0.133. The smallest absolute Gasteiger partial charge is 0.222 e. The highest BCUT2D eigenvalue weighted by molar-refractivity contribution is 6.31. The minimum Gasteiger partial charge on any atom is -0.489 e. The number of nitrogens with two attached hydrogens (primary N) is 1. The van der Waals surface area contributed by atoms with E-state index in [9.17, 15) is 0 Å². The predicted octanol–water partition coefficient (Wildman–Crippen LogP) is 5.34. The van der Waals surface area contributed by atoms with Crippen LogP contribution in [0.3, 0.4) is 0 Å². The van der Waals surface area contributed by atoms with Gasteiger partial charge < -0.3 is 15.8 Å². The predicted molar refractivity (Wildman–Crippen MR) is 107 cm³/mol. The summed E-state index contributed by atoms with van der Waals surface area (Å²) in [5.74, 6) is 1.31. The first kappa shape index (κ1) is 18.0. The molecule has 3 N–H and O–H groups in total. The molecule has 2 aromatic carbocycles. The Morgan fingerprint density at radius 3 is 2.50 bits per heavy atom. The molecule has 0 amide bonds. The van der Waals surface area contributed by atoms with Crippen LogP contribution in [0.25, 0.3) is 11.3 Å². The molecule has 7 heteroatoms. The molecule has 0 spiro atoms. The van der Waals surface area contributed by atoms with E-state index < -0.39 is 0 Å². The molecular weight excluding hydrogens is 371 g/mol. The molecule has 0 bridgehead atoms. The molecule has 0 fully saturated rings. The zero-order valence-electron chi connectivity index (χ0n) is 13.7. The number of hydrogen-bond donors (Lipinski definition) is 2. The number of benzene rings is 2. The van der Waals surface area contributed by atoms with Crippen molar-refractivity contribution in [2.75, 3.05) is 17.7 Å². The van der Waals surface area contributed by atoms with Gasteiger partial charge in [-0.1, -0.05) is 35.9 Å². The fourth-order valence-electron chi connectivity index (χ4n) is 2.33. The summed E-state index contributed by atoms with van der Waals surface area (Å²) < 4.78 is 5.69. The maximum absolute atomic E-state index is 6.15. The third-order valence-corrected chi connectivity index (χ3v) is 3.92. The Morgan fingerprint density at radius 1 is 1.04 bits per heavy atom. The highest BCUT2D eigenvalue weighted by atomic mass is 35.5. The lowest BCUT2D eigenvalue weighted by atomic mass is 10.1. The second kappa shape index (κ2) is 8.08. The highest BCUT2D eigenvalue weighted by Crippen LogP contribution is 2.33. The minimum atomic E-state index is 0.133. The molecule has 0 aliphatic rings. The van der Waals surface area contributed by atoms with Gasteiger partial charge in [0.25, 0.3) is 0 Å². The largest absolute Gasteiger partial charge is 0.489 e. The molecule has 132 valence electrons. The fraction of sp³-hybridized carbons (Fsp3) is 0.0526. The Labute approximate surface area is 161 Å². The monoisotopic (exact) mass is 386 g/mol. The van der Waals surface area contributed by atoms with Gasteiger partial charge in [0.15, 0.2) is 0 Å². The number of nitrogens with one attached hydrogen (secondary N) is 1. The van der Waals surface area contributed by atoms with Gasteiger partial charge in [-0.05, 0) is 42.5 Å². The molecule has 1 aromatic heterocycles. The van der Waals surface area contributed by atoms with Gasteiger partial charge >= 0.3 is 0 Å². The van der Waals surface area contributed by atoms with E-state index in [1.165, 1.54) is 0 Å². The van der Waals surface area contributed by atoms with Crippen LogP contribution in [-0.2, 0) is 0 Å². The van der Waals surface area contributed by atoms with Crippen LogP contribution in [0.1, 0.15) is 0 Å². The number of aromatic nitrogens is 2. The maximum Gasteiger partial charge on any atom is 0.222 e. The summed E-state index contributed by atoms with van der Waals surface area (Å²) in [4.78, 5) is 8.53. The van der Waals surface area contributed by atoms with Crippen molar-refractivity contribution in [2.45, 2.75) is 0 Å². The fourth-order valence-corrected chi connectivity index (χ4v) is 2.62. The summed E-state index contributed by atoms with van der Waals surface area (Å²) in [6, 6.07) is 14.3. The van der Waals surface area contributed by atoms with Crippen LogP contribution in [0.4, 0.5) is 17.5 Å². The average molecular weight is 387 g/mol. The number of rotatable bonds is 6. The first-order valence-electron chi connectivity index (χ1n) is 7.76. The van der Waals surface area contributed by atoms with E-state index in [1.54, 1.807) is 42.5 Å². The molecule has 26 heavy (non-hydrogen) atoms. The van der Waals surface area contributed by atoms with Crippen molar-refractivity contribution in [1.82, 2.24) is 9.97 Å². The van der Waals surface area contributed by atoms with E-state index in [0.717, 1.165) is 5.69 Å². The zero-order valence-corrected chi connectivity index (χ0v) is 15.3. The Bertz CT molecular complexity index is 929. The lowest BCUT2D eigenvalue weighted by Gasteiger charge is -2.12. The molecule has 0 aliphatic carbocycles. The quantitative estimate of drug-likeness (QED) is 0.559. The lowest BCUT2D eigenvalue weighted by Crippen LogP contribution is -2.02. The summed E-state index contributed by atoms with van der Waals surface area (Å²) in [5, 5.41) is 4.40. The van der Waals surface area contributed by atoms with Crippen molar-refractivity contribution >= 4 is 40.7 Å². The van der Waals surface area contributed by atoms with Crippen molar-refractivity contribution in [3.05, 3.63) is 71.2 Å². The Hall–Kier alpha value is -2.76. The molecular formula is C19H16Cl2N4O. The second-order valence-corrected chi connectivity index (χ2v) is 6.24. The van der Waals surface area contributed by atoms with Crippen LogP contribution in [0.15, 0.2) is 61.2 Å². The second-order valence-electron chi connectivity index (χ2n) is 5.37. The maximum atomic E-state index is 6.15. The first-order chi connectivity index (χ1) is 12.5. The van der Waals surface area contributed by atoms with E-state index in [-0.39, 0.29) is 5.95 Å². The van der Waals surface area contributed by atoms with Crippen molar-refractivity contribution in [3.8, 4) is 17.0 Å². The number of nitrogens with zero attached hydrogens (tertiary/aromatic N) is 2. The summed E-state index contributed by atoms with van der Waals surface area (Å²) in [6.07, 6.45) is 1.67. The van der Waals surface area contributed by atoms with Gasteiger partial charge in [-0.15, -0.1) is 0 Å². The van der Waals surface area contributed by atoms with E-state index >= 15 is 0 Å². The van der Waals surface area contributed by atoms with Gasteiger partial charge in [0.1, 0.15) is 18.2 Å². The van der Waals surface area contributed by atoms with Gasteiger partial charge in [-0.2, -0.15) is 4.98 Å². The Morgan fingerprint density at radius 2 is 1.77 bits per heavy atom. The topological polar surface area (TPSA) is 73.1 Å². The first-order valence-corrected chi connectivity index (χ1v) is 8.51. The molecule has 0 atom stereocenters. The highest BCUT2D eigenvalue weighted by Gasteiger charge is 2.12. The molecule has 0 unspecified atom stereocenters. The van der Waals surface area contributed by atoms with Crippen LogP contribution in [0.2, 0.25) is 10.0 Å². The number of anilines is 3. The van der Waals surface area contributed by atoms with Crippen LogP contribution in [-0.4, -0.2) is 16.6 Å². The van der Waals surface area contributed by atoms with Gasteiger partial charge in [-0.25, -0.2) is 4.98 Å². The molecule has 0 saturated heterocycles. The van der Waals surface area contributed by atoms with E-state index in [0.29, 0.717) is 39.5 Å². The van der Waals surface area contributed by atoms with Crippen LogP contribution in [0, 0.1) is 0 Å². The lowest BCUT2D eigenvalue weighted by molar-refractivity contribution is 0.364. The summed E-state index contributed by atoms with van der Waals surface area (Å²) >= 11 is 12.1. The summed E-state index contributed by atoms with van der Waals surface area (Å²) in [6.45, 7) is 4.03. The third kappa shape index (κ3) is 4.45. The number of nitrogen functional groups attached to an aromatic ring is 1. The van der Waals surface area contributed by atoms with Gasteiger partial charge in [-0.3, -0.25) is 0 Å². The molecule has 5 nitrogen and oxygen atoms in total. The van der Waals surface area contributed by atoms with Crippen molar-refractivity contribution in [2.24, 2.45) is 0 Å². The normalized spacial score (nSPS) is 10.4. The van der Waals surface area contributed by atoms with Crippen molar-refractivity contribution < 1.29 is 4.74 Å². The molecule has 3 rings (SSSR count). The molecule has 0 aliphatic heterocycles. The van der Waals surface area contributed by atoms with Crippen molar-refractivity contribution in [1.29, 1.82) is 0 Å². The summed E-state index contributed by atoms with van der Waals surface area (Å²) in [5.41, 5.74) is 8.02. The van der Waals surface area contributed by atoms with Crippen LogP contribution in [0.5, 0.6) is 5.75 Å².